The van der Waals surface area contributed by atoms with E-state index < -0.39 is 11.6 Å². The van der Waals surface area contributed by atoms with Gasteiger partial charge in [-0.05, 0) is 62.5 Å². The molecule has 0 aromatic heterocycles. The highest BCUT2D eigenvalue weighted by atomic mass is 79.9. The molecule has 1 fully saturated rings. The van der Waals surface area contributed by atoms with Gasteiger partial charge >= 0.3 is 5.97 Å². The Kier molecular flexibility index (Phi) is 5.02. The monoisotopic (exact) mass is 480 g/mol. The van der Waals surface area contributed by atoms with Gasteiger partial charge in [0.2, 0.25) is 5.72 Å². The summed E-state index contributed by atoms with van der Waals surface area (Å²) in [5, 5.41) is 4.35. The molecule has 2 aromatic rings. The van der Waals surface area contributed by atoms with E-state index in [0.29, 0.717) is 15.9 Å². The number of halogens is 2. The molecule has 2 bridgehead atoms. The molecule has 5 nitrogen and oxygen atoms in total. The zero-order chi connectivity index (χ0) is 20.1. The molecule has 3 atom stereocenters. The van der Waals surface area contributed by atoms with E-state index in [1.807, 2.05) is 37.3 Å². The maximum absolute atomic E-state index is 13.0. The summed E-state index contributed by atoms with van der Waals surface area (Å²) < 4.78 is 12.7. The van der Waals surface area contributed by atoms with E-state index >= 15 is 0 Å². The van der Waals surface area contributed by atoms with Gasteiger partial charge < -0.3 is 14.8 Å². The van der Waals surface area contributed by atoms with Gasteiger partial charge in [-0.1, -0.05) is 33.6 Å². The Morgan fingerprint density at radius 1 is 1.39 bits per heavy atom. The fourth-order valence-corrected chi connectivity index (χ4v) is 4.93. The van der Waals surface area contributed by atoms with Crippen LogP contribution in [0.1, 0.15) is 25.5 Å². The average molecular weight is 482 g/mol. The second-order valence-electron chi connectivity index (χ2n) is 6.81. The van der Waals surface area contributed by atoms with Crippen LogP contribution in [-0.2, 0) is 9.53 Å². The predicted octanol–water partition coefficient (Wildman–Crippen LogP) is 4.83. The van der Waals surface area contributed by atoms with Crippen molar-refractivity contribution in [2.24, 2.45) is 5.92 Å². The van der Waals surface area contributed by atoms with Crippen LogP contribution in [-0.4, -0.2) is 23.4 Å². The number of nitrogens with one attached hydrogen (secondary N) is 1. The Morgan fingerprint density at radius 2 is 2.18 bits per heavy atom. The van der Waals surface area contributed by atoms with Gasteiger partial charge in [0, 0.05) is 20.7 Å². The highest BCUT2D eigenvalue weighted by Gasteiger charge is 2.59. The Hall–Kier alpha value is -1.83. The number of ether oxygens (including phenoxy) is 2. The molecule has 2 aliphatic heterocycles. The molecule has 28 heavy (non-hydrogen) atoms. The third-order valence-corrected chi connectivity index (χ3v) is 6.10. The van der Waals surface area contributed by atoms with Gasteiger partial charge in [0.15, 0.2) is 5.11 Å². The molecule has 146 valence electrons. The third kappa shape index (κ3) is 3.06. The van der Waals surface area contributed by atoms with E-state index in [9.17, 15) is 4.79 Å². The van der Waals surface area contributed by atoms with Crippen LogP contribution in [0.4, 0.5) is 5.69 Å². The van der Waals surface area contributed by atoms with Gasteiger partial charge in [-0.25, -0.2) is 0 Å². The van der Waals surface area contributed by atoms with Crippen molar-refractivity contribution >= 4 is 56.5 Å². The topological polar surface area (TPSA) is 50.8 Å². The lowest BCUT2D eigenvalue weighted by Crippen LogP contribution is -2.71. The van der Waals surface area contributed by atoms with Crippen molar-refractivity contribution in [1.29, 1.82) is 0 Å². The van der Waals surface area contributed by atoms with Crippen LogP contribution in [0, 0.1) is 5.92 Å². The third-order valence-electron chi connectivity index (χ3n) is 5.07. The van der Waals surface area contributed by atoms with E-state index in [-0.39, 0.29) is 18.6 Å². The quantitative estimate of drug-likeness (QED) is 0.501. The van der Waals surface area contributed by atoms with Crippen LogP contribution in [0.15, 0.2) is 46.9 Å². The van der Waals surface area contributed by atoms with Crippen LogP contribution >= 0.6 is 39.7 Å². The van der Waals surface area contributed by atoms with Gasteiger partial charge in [-0.3, -0.25) is 9.69 Å². The first-order valence-corrected chi connectivity index (χ1v) is 10.4. The summed E-state index contributed by atoms with van der Waals surface area (Å²) in [6.07, 6.45) is 0. The molecule has 2 aliphatic rings. The lowest BCUT2D eigenvalue weighted by Gasteiger charge is -2.55. The number of nitrogens with zero attached hydrogens (tertiary/aromatic N) is 1. The number of hydrogen-bond acceptors (Lipinski definition) is 4. The lowest BCUT2D eigenvalue weighted by atomic mass is 9.79. The number of carbonyl (C=O) groups excluding carboxylic acids is 1. The number of anilines is 1. The van der Waals surface area contributed by atoms with Crippen molar-refractivity contribution in [3.63, 3.8) is 0 Å². The maximum Gasteiger partial charge on any atom is 0.317 e. The summed E-state index contributed by atoms with van der Waals surface area (Å²) >= 11 is 15.4. The second kappa shape index (κ2) is 7.21. The predicted molar refractivity (Wildman–Crippen MR) is 116 cm³/mol. The number of benzene rings is 2. The summed E-state index contributed by atoms with van der Waals surface area (Å²) in [5.74, 6) is -0.291. The van der Waals surface area contributed by atoms with Gasteiger partial charge in [-0.2, -0.15) is 0 Å². The molecule has 0 spiro atoms. The number of rotatable bonds is 3. The SMILES string of the molecule is CCOC(=O)[C@@H]1[C@@H]2NC(=S)N(c3cccc(Cl)c3)[C@@]1(C)Oc1ccc(Br)cc12. The molecule has 2 aromatic carbocycles. The lowest BCUT2D eigenvalue weighted by molar-refractivity contribution is -0.159. The number of esters is 1. The molecule has 2 heterocycles. The average Bonchev–Trinajstić information content (AvgIpc) is 2.62. The Labute approximate surface area is 182 Å². The molecule has 0 radical (unpaired) electrons. The largest absolute Gasteiger partial charge is 0.466 e. The molecule has 4 rings (SSSR count). The summed E-state index contributed by atoms with van der Waals surface area (Å²) in [6, 6.07) is 12.7. The van der Waals surface area contributed by atoms with E-state index in [1.54, 1.807) is 24.0 Å². The van der Waals surface area contributed by atoms with Gasteiger partial charge in [0.25, 0.3) is 0 Å². The highest BCUT2D eigenvalue weighted by molar-refractivity contribution is 9.10. The Balaban J connectivity index is 1.90. The summed E-state index contributed by atoms with van der Waals surface area (Å²) in [5.41, 5.74) is 0.518. The van der Waals surface area contributed by atoms with Crippen molar-refractivity contribution in [1.82, 2.24) is 5.32 Å². The maximum atomic E-state index is 13.0. The molecule has 1 saturated heterocycles. The number of hydrogen-bond donors (Lipinski definition) is 1. The molecule has 1 N–H and O–H groups in total. The van der Waals surface area contributed by atoms with Crippen molar-refractivity contribution < 1.29 is 14.3 Å². The van der Waals surface area contributed by atoms with Crippen LogP contribution in [0.2, 0.25) is 5.02 Å². The van der Waals surface area contributed by atoms with Crippen LogP contribution in [0.25, 0.3) is 0 Å². The first kappa shape index (κ1) is 19.5. The minimum Gasteiger partial charge on any atom is -0.466 e. The molecule has 0 saturated carbocycles. The minimum absolute atomic E-state index is 0.283. The number of carbonyl (C=O) groups is 1. The van der Waals surface area contributed by atoms with Gasteiger partial charge in [0.1, 0.15) is 11.7 Å². The molecule has 8 heteroatoms. The van der Waals surface area contributed by atoms with Crippen molar-refractivity contribution in [2.45, 2.75) is 25.6 Å². The standard InChI is InChI=1S/C20H18BrClN2O3S/c1-3-26-18(25)16-17-14-9-11(21)7-8-15(14)27-20(16,2)24(19(28)23-17)13-6-4-5-12(22)10-13/h4-10,16-17H,3H2,1-2H3,(H,23,28)/t16-,17+,20-/m0/s1. The Morgan fingerprint density at radius 3 is 2.89 bits per heavy atom. The zero-order valence-electron chi connectivity index (χ0n) is 15.2. The Bertz CT molecular complexity index is 972. The summed E-state index contributed by atoms with van der Waals surface area (Å²) in [6.45, 7) is 3.93. The fourth-order valence-electron chi connectivity index (χ4n) is 3.95. The first-order chi connectivity index (χ1) is 13.3. The summed E-state index contributed by atoms with van der Waals surface area (Å²) in [7, 11) is 0. The van der Waals surface area contributed by atoms with Crippen molar-refractivity contribution in [3.8, 4) is 5.75 Å². The zero-order valence-corrected chi connectivity index (χ0v) is 18.4. The number of fused-ring (bicyclic) bond motifs is 4. The smallest absolute Gasteiger partial charge is 0.317 e. The van der Waals surface area contributed by atoms with Crippen molar-refractivity contribution in [3.05, 3.63) is 57.5 Å². The van der Waals surface area contributed by atoms with E-state index in [4.69, 9.17) is 33.3 Å². The van der Waals surface area contributed by atoms with Crippen LogP contribution in [0.3, 0.4) is 0 Å². The molecule has 0 aliphatic carbocycles. The van der Waals surface area contributed by atoms with Gasteiger partial charge in [0.05, 0.1) is 12.6 Å². The molecule has 0 amide bonds. The van der Waals surface area contributed by atoms with E-state index in [2.05, 4.69) is 21.2 Å². The first-order valence-electron chi connectivity index (χ1n) is 8.86. The van der Waals surface area contributed by atoms with Crippen LogP contribution in [0.5, 0.6) is 5.75 Å². The molecular weight excluding hydrogens is 464 g/mol. The van der Waals surface area contributed by atoms with Crippen molar-refractivity contribution in [2.75, 3.05) is 11.5 Å². The highest BCUT2D eigenvalue weighted by Crippen LogP contribution is 2.50. The normalized spacial score (nSPS) is 25.4. The molecule has 0 unspecified atom stereocenters. The van der Waals surface area contributed by atoms with Gasteiger partial charge in [-0.15, -0.1) is 0 Å². The fraction of sp³-hybridized carbons (Fsp3) is 0.300. The van der Waals surface area contributed by atoms with E-state index in [1.165, 1.54) is 0 Å². The minimum atomic E-state index is -1.08. The summed E-state index contributed by atoms with van der Waals surface area (Å²) in [4.78, 5) is 14.8. The van der Waals surface area contributed by atoms with Crippen LogP contribution < -0.4 is 15.0 Å². The number of thiocarbonyl (C=S) groups is 1. The second-order valence-corrected chi connectivity index (χ2v) is 8.55. The van der Waals surface area contributed by atoms with E-state index in [0.717, 1.165) is 15.7 Å². The molecular formula is C20H18BrClN2O3S.